The van der Waals surface area contributed by atoms with Gasteiger partial charge in [-0.3, -0.25) is 0 Å². The van der Waals surface area contributed by atoms with Crippen molar-refractivity contribution >= 4 is 55.3 Å². The zero-order valence-corrected chi connectivity index (χ0v) is 23.5. The van der Waals surface area contributed by atoms with Crippen LogP contribution in [-0.2, 0) is 0 Å². The van der Waals surface area contributed by atoms with E-state index >= 15 is 0 Å². The molecule has 44 heavy (non-hydrogen) atoms. The summed E-state index contributed by atoms with van der Waals surface area (Å²) in [6, 6.07) is 47.8. The van der Waals surface area contributed by atoms with Crippen LogP contribution in [0.4, 0.5) is 5.69 Å². The first-order valence-corrected chi connectivity index (χ1v) is 14.7. The van der Waals surface area contributed by atoms with Gasteiger partial charge in [-0.15, -0.1) is 0 Å². The number of benzene rings is 6. The first-order valence-electron chi connectivity index (χ1n) is 14.7. The maximum absolute atomic E-state index is 9.52. The number of aromatic nitrogens is 1. The average molecular weight is 565 g/mol. The number of aliphatic imine (C=N–C) groups is 1. The Morgan fingerprint density at radius 1 is 0.705 bits per heavy atom. The molecular weight excluding hydrogens is 540 g/mol. The Hall–Kier alpha value is -6.12. The smallest absolute Gasteiger partial charge is 0.160 e. The molecule has 0 spiro atoms. The zero-order valence-electron chi connectivity index (χ0n) is 23.5. The number of amidine groups is 1. The second-order valence-electron chi connectivity index (χ2n) is 11.2. The lowest BCUT2D eigenvalue weighted by atomic mass is 9.94. The quantitative estimate of drug-likeness (QED) is 0.233. The van der Waals surface area contributed by atoms with Crippen LogP contribution in [0.15, 0.2) is 143 Å². The molecule has 1 aliphatic heterocycles. The van der Waals surface area contributed by atoms with E-state index in [0.29, 0.717) is 5.56 Å². The Kier molecular flexibility index (Phi) is 5.26. The molecule has 1 atom stereocenters. The van der Waals surface area contributed by atoms with E-state index in [1.54, 1.807) is 0 Å². The number of para-hydroxylation sites is 3. The first-order chi connectivity index (χ1) is 21.8. The third-order valence-corrected chi connectivity index (χ3v) is 8.69. The van der Waals surface area contributed by atoms with Gasteiger partial charge in [0.2, 0.25) is 0 Å². The molecule has 1 N–H and O–H groups in total. The van der Waals surface area contributed by atoms with Gasteiger partial charge in [0.05, 0.1) is 34.4 Å². The van der Waals surface area contributed by atoms with Gasteiger partial charge in [-0.05, 0) is 66.2 Å². The molecule has 206 valence electrons. The summed E-state index contributed by atoms with van der Waals surface area (Å²) in [5.41, 5.74) is 9.67. The molecule has 9 rings (SSSR count). The molecule has 0 fully saturated rings. The molecule has 5 nitrogen and oxygen atoms in total. The van der Waals surface area contributed by atoms with Crippen molar-refractivity contribution in [3.05, 3.63) is 156 Å². The number of nitriles is 1. The number of hydrogen-bond acceptors (Lipinski definition) is 4. The second kappa shape index (κ2) is 9.45. The third kappa shape index (κ3) is 3.62. The summed E-state index contributed by atoms with van der Waals surface area (Å²) in [7, 11) is 0. The third-order valence-electron chi connectivity index (χ3n) is 8.69. The van der Waals surface area contributed by atoms with Crippen LogP contribution in [0.3, 0.4) is 0 Å². The number of nitrogens with one attached hydrogen (secondary N) is 1. The highest BCUT2D eigenvalue weighted by Gasteiger charge is 2.25. The van der Waals surface area contributed by atoms with Crippen molar-refractivity contribution in [2.75, 3.05) is 0 Å². The second-order valence-corrected chi connectivity index (χ2v) is 11.2. The maximum atomic E-state index is 9.52. The van der Waals surface area contributed by atoms with E-state index in [-0.39, 0.29) is 6.04 Å². The van der Waals surface area contributed by atoms with Crippen molar-refractivity contribution in [1.82, 2.24) is 9.88 Å². The summed E-state index contributed by atoms with van der Waals surface area (Å²) in [6.45, 7) is 0. The molecule has 8 aromatic rings. The average Bonchev–Trinajstić information content (AvgIpc) is 3.64. The summed E-state index contributed by atoms with van der Waals surface area (Å²) >= 11 is 0. The van der Waals surface area contributed by atoms with E-state index in [1.807, 2.05) is 48.5 Å². The number of furan rings is 1. The highest BCUT2D eigenvalue weighted by atomic mass is 16.3. The van der Waals surface area contributed by atoms with Gasteiger partial charge in [0.25, 0.3) is 0 Å². The summed E-state index contributed by atoms with van der Waals surface area (Å²) in [4.78, 5) is 5.01. The monoisotopic (exact) mass is 564 g/mol. The molecule has 0 saturated heterocycles. The molecule has 0 saturated carbocycles. The van der Waals surface area contributed by atoms with Crippen molar-refractivity contribution < 1.29 is 4.42 Å². The topological polar surface area (TPSA) is 66.2 Å². The number of nitrogens with zero attached hydrogens (tertiary/aromatic N) is 3. The van der Waals surface area contributed by atoms with Gasteiger partial charge in [-0.2, -0.15) is 5.26 Å². The van der Waals surface area contributed by atoms with Crippen LogP contribution in [0.2, 0.25) is 0 Å². The predicted molar refractivity (Wildman–Crippen MR) is 177 cm³/mol. The van der Waals surface area contributed by atoms with Crippen LogP contribution >= 0.6 is 0 Å². The Morgan fingerprint density at radius 3 is 2.36 bits per heavy atom. The van der Waals surface area contributed by atoms with Gasteiger partial charge in [0.1, 0.15) is 11.4 Å². The Labute approximate surface area is 252 Å². The standard InChI is InChI=1S/C39H24N4O/c40-23-24-8-7-9-26(22-24)36-32-12-1-4-13-33(32)41-39(42-36)25-16-18-27(19-17-25)43-34-14-5-2-10-28(34)30-20-21-31-29-11-3-6-15-35(29)44-38(31)37(30)43/h1-22,36H,(H,41,42). The van der Waals surface area contributed by atoms with Crippen LogP contribution in [-0.4, -0.2) is 10.4 Å². The Balaban J connectivity index is 1.19. The lowest BCUT2D eigenvalue weighted by molar-refractivity contribution is 0.671. The minimum absolute atomic E-state index is 0.120. The van der Waals surface area contributed by atoms with Gasteiger partial charge in [0.15, 0.2) is 5.58 Å². The van der Waals surface area contributed by atoms with Gasteiger partial charge in [0, 0.05) is 38.4 Å². The van der Waals surface area contributed by atoms with E-state index < -0.39 is 0 Å². The van der Waals surface area contributed by atoms with Gasteiger partial charge >= 0.3 is 0 Å². The lowest BCUT2D eigenvalue weighted by Gasteiger charge is -2.28. The van der Waals surface area contributed by atoms with Crippen molar-refractivity contribution in [2.45, 2.75) is 6.04 Å². The number of hydrogen-bond donors (Lipinski definition) is 1. The molecule has 1 unspecified atom stereocenters. The molecule has 0 radical (unpaired) electrons. The van der Waals surface area contributed by atoms with Crippen LogP contribution in [0.1, 0.15) is 28.3 Å². The minimum Gasteiger partial charge on any atom is -0.454 e. The Morgan fingerprint density at radius 2 is 1.48 bits per heavy atom. The minimum atomic E-state index is -0.120. The van der Waals surface area contributed by atoms with Crippen LogP contribution in [0, 0.1) is 11.3 Å². The lowest BCUT2D eigenvalue weighted by Crippen LogP contribution is -2.32. The molecule has 6 aromatic carbocycles. The number of rotatable bonds is 3. The molecule has 2 aromatic heterocycles. The van der Waals surface area contributed by atoms with Crippen LogP contribution in [0.5, 0.6) is 0 Å². The molecule has 3 heterocycles. The SMILES string of the molecule is N#Cc1cccc(C2NC(c3ccc(-n4c5ccccc5c5ccc6c7ccccc7oc6c54)cc3)=Nc3ccccc32)c1. The highest BCUT2D eigenvalue weighted by molar-refractivity contribution is 6.21. The van der Waals surface area contributed by atoms with Gasteiger partial charge < -0.3 is 14.3 Å². The van der Waals surface area contributed by atoms with E-state index in [1.165, 1.54) is 5.39 Å². The van der Waals surface area contributed by atoms with E-state index in [9.17, 15) is 5.26 Å². The fourth-order valence-corrected chi connectivity index (χ4v) is 6.67. The van der Waals surface area contributed by atoms with Gasteiger partial charge in [-0.25, -0.2) is 4.99 Å². The van der Waals surface area contributed by atoms with Crippen molar-refractivity contribution in [3.8, 4) is 11.8 Å². The molecular formula is C39H24N4O. The summed E-state index contributed by atoms with van der Waals surface area (Å²) in [5, 5.41) is 17.8. The fourth-order valence-electron chi connectivity index (χ4n) is 6.67. The van der Waals surface area contributed by atoms with Gasteiger partial charge in [-0.1, -0.05) is 72.8 Å². The van der Waals surface area contributed by atoms with Crippen molar-refractivity contribution in [3.63, 3.8) is 0 Å². The molecule has 5 heteroatoms. The first kappa shape index (κ1) is 24.5. The maximum Gasteiger partial charge on any atom is 0.160 e. The van der Waals surface area contributed by atoms with E-state index in [2.05, 4.69) is 101 Å². The normalized spacial score (nSPS) is 14.4. The number of fused-ring (bicyclic) bond motifs is 8. The van der Waals surface area contributed by atoms with E-state index in [0.717, 1.165) is 72.3 Å². The van der Waals surface area contributed by atoms with Crippen LogP contribution < -0.4 is 5.32 Å². The largest absolute Gasteiger partial charge is 0.454 e. The highest BCUT2D eigenvalue weighted by Crippen LogP contribution is 2.40. The molecule has 0 aliphatic carbocycles. The summed E-state index contributed by atoms with van der Waals surface area (Å²) in [6.07, 6.45) is 0. The van der Waals surface area contributed by atoms with Crippen LogP contribution in [0.25, 0.3) is 49.4 Å². The molecule has 0 bridgehead atoms. The molecule has 0 amide bonds. The summed E-state index contributed by atoms with van der Waals surface area (Å²) < 4.78 is 8.82. The van der Waals surface area contributed by atoms with Crippen molar-refractivity contribution in [1.29, 1.82) is 5.26 Å². The summed E-state index contributed by atoms with van der Waals surface area (Å²) in [5.74, 6) is 0.796. The molecule has 1 aliphatic rings. The Bertz CT molecular complexity index is 2490. The van der Waals surface area contributed by atoms with Crippen molar-refractivity contribution in [2.24, 2.45) is 4.99 Å². The zero-order chi connectivity index (χ0) is 29.2. The van der Waals surface area contributed by atoms with E-state index in [4.69, 9.17) is 9.41 Å². The fraction of sp³-hybridized carbons (Fsp3) is 0.0256. The predicted octanol–water partition coefficient (Wildman–Crippen LogP) is 9.33.